The first-order valence-electron chi connectivity index (χ1n) is 11.4. The minimum atomic E-state index is -0.639. The number of carbonyl (C=O) groups is 1. The highest BCUT2D eigenvalue weighted by atomic mass is 35.5. The van der Waals surface area contributed by atoms with Gasteiger partial charge in [-0.25, -0.2) is 4.79 Å². The Hall–Kier alpha value is -0.240. The monoisotopic (exact) mass is 388 g/mol. The van der Waals surface area contributed by atoms with E-state index in [9.17, 15) is 4.79 Å². The first kappa shape index (κ1) is 25.8. The molecule has 0 aliphatic heterocycles. The fourth-order valence-corrected chi connectivity index (χ4v) is 3.99. The number of rotatable bonds is 19. The molecule has 0 atom stereocenters. The Labute approximate surface area is 168 Å². The van der Waals surface area contributed by atoms with Gasteiger partial charge in [0.25, 0.3) is 0 Å². The van der Waals surface area contributed by atoms with Crippen LogP contribution in [0.4, 0.5) is 4.79 Å². The van der Waals surface area contributed by atoms with E-state index in [1.807, 2.05) is 0 Å². The van der Waals surface area contributed by atoms with Crippen LogP contribution >= 0.6 is 11.6 Å². The molecule has 0 saturated heterocycles. The van der Waals surface area contributed by atoms with E-state index in [0.29, 0.717) is 6.61 Å². The van der Waals surface area contributed by atoms with Crippen molar-refractivity contribution in [1.29, 1.82) is 0 Å². The van der Waals surface area contributed by atoms with Gasteiger partial charge < -0.3 is 4.74 Å². The van der Waals surface area contributed by atoms with E-state index >= 15 is 0 Å². The predicted octanol–water partition coefficient (Wildman–Crippen LogP) is 9.04. The van der Waals surface area contributed by atoms with Gasteiger partial charge in [0.05, 0.1) is 6.61 Å². The highest BCUT2D eigenvalue weighted by molar-refractivity contribution is 6.61. The van der Waals surface area contributed by atoms with Gasteiger partial charge in [0.2, 0.25) is 0 Å². The normalized spacial score (nSPS) is 11.7. The third-order valence-electron chi connectivity index (χ3n) is 5.67. The van der Waals surface area contributed by atoms with Gasteiger partial charge in [0, 0.05) is 17.0 Å². The molecule has 26 heavy (non-hydrogen) atoms. The summed E-state index contributed by atoms with van der Waals surface area (Å²) in [5.41, 5.74) is -0.490. The van der Waals surface area contributed by atoms with E-state index in [1.165, 1.54) is 109 Å². The van der Waals surface area contributed by atoms with Crippen molar-refractivity contribution in [3.05, 3.63) is 0 Å². The number of ether oxygens (including phenoxy) is 1. The third kappa shape index (κ3) is 14.9. The minimum Gasteiger partial charge on any atom is -0.453 e. The summed E-state index contributed by atoms with van der Waals surface area (Å²) in [4.78, 5) is 11.2. The van der Waals surface area contributed by atoms with Crippen molar-refractivity contribution in [3.8, 4) is 0 Å². The number of hydrogen-bond acceptors (Lipinski definition) is 2. The lowest BCUT2D eigenvalue weighted by molar-refractivity contribution is 0.0705. The Morgan fingerprint density at radius 2 is 1.00 bits per heavy atom. The predicted molar refractivity (Wildman–Crippen MR) is 115 cm³/mol. The molecule has 0 bridgehead atoms. The molecule has 0 aliphatic carbocycles. The highest BCUT2D eigenvalue weighted by Crippen LogP contribution is 2.38. The van der Waals surface area contributed by atoms with E-state index < -0.39 is 5.43 Å². The number of unbranched alkanes of at least 4 members (excludes halogenated alkanes) is 11. The second kappa shape index (κ2) is 18.1. The molecule has 0 amide bonds. The van der Waals surface area contributed by atoms with Crippen LogP contribution in [0, 0.1) is 5.41 Å². The third-order valence-corrected chi connectivity index (χ3v) is 5.78. The van der Waals surface area contributed by atoms with Crippen LogP contribution < -0.4 is 0 Å². The number of hydrogen-bond donors (Lipinski definition) is 0. The Kier molecular flexibility index (Phi) is 18.0. The summed E-state index contributed by atoms with van der Waals surface area (Å²) in [6, 6.07) is 0. The van der Waals surface area contributed by atoms with Crippen molar-refractivity contribution < 1.29 is 9.53 Å². The van der Waals surface area contributed by atoms with Gasteiger partial charge >= 0.3 is 5.43 Å². The summed E-state index contributed by atoms with van der Waals surface area (Å²) in [5.74, 6) is 0. The molecule has 0 N–H and O–H groups in total. The van der Waals surface area contributed by atoms with E-state index in [1.54, 1.807) is 0 Å². The van der Waals surface area contributed by atoms with Gasteiger partial charge in [0.1, 0.15) is 0 Å². The summed E-state index contributed by atoms with van der Waals surface area (Å²) < 4.78 is 5.34. The molecule has 0 aliphatic rings. The summed E-state index contributed by atoms with van der Waals surface area (Å²) in [6.07, 6.45) is 21.6. The summed E-state index contributed by atoms with van der Waals surface area (Å²) in [6.45, 7) is 7.29. The molecule has 0 heterocycles. The fourth-order valence-electron chi connectivity index (χ4n) is 3.94. The SMILES string of the molecule is CCCCCCCCC(CCCCCC)(CCCCCC)COC(=O)Cl. The number of halogens is 1. The van der Waals surface area contributed by atoms with E-state index in [2.05, 4.69) is 20.8 Å². The molecular formula is C23H45ClO2. The van der Waals surface area contributed by atoms with Crippen molar-refractivity contribution in [2.75, 3.05) is 6.61 Å². The van der Waals surface area contributed by atoms with Gasteiger partial charge in [0.15, 0.2) is 0 Å². The van der Waals surface area contributed by atoms with E-state index in [0.717, 1.165) is 0 Å². The standard InChI is InChI=1S/C23H45ClO2/c1-4-7-10-13-14-17-20-23(21-26-22(24)25,18-15-11-8-5-2)19-16-12-9-6-3/h4-21H2,1-3H3. The van der Waals surface area contributed by atoms with Gasteiger partial charge in [-0.2, -0.15) is 0 Å². The molecule has 2 nitrogen and oxygen atoms in total. The number of carbonyl (C=O) groups excluding carboxylic acids is 1. The average Bonchev–Trinajstić information content (AvgIpc) is 2.63. The van der Waals surface area contributed by atoms with Crippen molar-refractivity contribution in [2.24, 2.45) is 5.41 Å². The zero-order chi connectivity index (χ0) is 19.5. The molecule has 0 spiro atoms. The zero-order valence-corrected chi connectivity index (χ0v) is 18.7. The maximum Gasteiger partial charge on any atom is 0.403 e. The highest BCUT2D eigenvalue weighted by Gasteiger charge is 2.30. The summed E-state index contributed by atoms with van der Waals surface area (Å²) in [5, 5.41) is 0. The van der Waals surface area contributed by atoms with E-state index in [-0.39, 0.29) is 5.41 Å². The van der Waals surface area contributed by atoms with Crippen LogP contribution in [0.5, 0.6) is 0 Å². The lowest BCUT2D eigenvalue weighted by Gasteiger charge is -2.34. The first-order chi connectivity index (χ1) is 12.6. The van der Waals surface area contributed by atoms with Crippen LogP contribution in [-0.2, 0) is 4.74 Å². The van der Waals surface area contributed by atoms with Gasteiger partial charge in [-0.3, -0.25) is 0 Å². The van der Waals surface area contributed by atoms with Crippen molar-refractivity contribution in [2.45, 2.75) is 130 Å². The molecule has 0 aromatic carbocycles. The molecule has 0 aromatic heterocycles. The Balaban J connectivity index is 4.64. The maximum atomic E-state index is 11.2. The molecule has 0 radical (unpaired) electrons. The second-order valence-corrected chi connectivity index (χ2v) is 8.47. The minimum absolute atomic E-state index is 0.150. The van der Waals surface area contributed by atoms with Gasteiger partial charge in [-0.1, -0.05) is 111 Å². The Bertz CT molecular complexity index is 305. The van der Waals surface area contributed by atoms with Crippen LogP contribution in [-0.4, -0.2) is 12.0 Å². The van der Waals surface area contributed by atoms with Crippen LogP contribution in [0.15, 0.2) is 0 Å². The summed E-state index contributed by atoms with van der Waals surface area (Å²) in [7, 11) is 0. The first-order valence-corrected chi connectivity index (χ1v) is 11.8. The Morgan fingerprint density at radius 1 is 0.654 bits per heavy atom. The van der Waals surface area contributed by atoms with Crippen molar-refractivity contribution in [3.63, 3.8) is 0 Å². The van der Waals surface area contributed by atoms with Crippen LogP contribution in [0.25, 0.3) is 0 Å². The molecule has 0 saturated carbocycles. The Morgan fingerprint density at radius 3 is 1.38 bits per heavy atom. The lowest BCUT2D eigenvalue weighted by atomic mass is 9.74. The zero-order valence-electron chi connectivity index (χ0n) is 17.9. The molecule has 156 valence electrons. The topological polar surface area (TPSA) is 26.3 Å². The molecular weight excluding hydrogens is 344 g/mol. The average molecular weight is 389 g/mol. The smallest absolute Gasteiger partial charge is 0.403 e. The fraction of sp³-hybridized carbons (Fsp3) is 0.957. The van der Waals surface area contributed by atoms with Crippen molar-refractivity contribution in [1.82, 2.24) is 0 Å². The molecule has 3 heteroatoms. The summed E-state index contributed by atoms with van der Waals surface area (Å²) >= 11 is 5.51. The van der Waals surface area contributed by atoms with Gasteiger partial charge in [-0.15, -0.1) is 0 Å². The maximum absolute atomic E-state index is 11.2. The molecule has 0 fully saturated rings. The van der Waals surface area contributed by atoms with E-state index in [4.69, 9.17) is 16.3 Å². The van der Waals surface area contributed by atoms with Crippen LogP contribution in [0.2, 0.25) is 0 Å². The second-order valence-electron chi connectivity index (χ2n) is 8.17. The molecule has 0 unspecified atom stereocenters. The molecule has 0 rings (SSSR count). The lowest BCUT2D eigenvalue weighted by Crippen LogP contribution is -2.28. The van der Waals surface area contributed by atoms with Crippen molar-refractivity contribution >= 4 is 17.0 Å². The quantitative estimate of drug-likeness (QED) is 0.163. The largest absolute Gasteiger partial charge is 0.453 e. The molecule has 0 aromatic rings. The van der Waals surface area contributed by atoms with Crippen LogP contribution in [0.1, 0.15) is 130 Å². The van der Waals surface area contributed by atoms with Crippen LogP contribution in [0.3, 0.4) is 0 Å². The van der Waals surface area contributed by atoms with Gasteiger partial charge in [-0.05, 0) is 19.3 Å².